The quantitative estimate of drug-likeness (QED) is 0.212. The zero-order valence-electron chi connectivity index (χ0n) is 22.9. The highest BCUT2D eigenvalue weighted by Gasteiger charge is 2.31. The summed E-state index contributed by atoms with van der Waals surface area (Å²) in [4.78, 5) is 22.0. The predicted molar refractivity (Wildman–Crippen MR) is 158 cm³/mol. The topological polar surface area (TPSA) is 40.9 Å². The van der Waals surface area contributed by atoms with Crippen LogP contribution in [0.25, 0.3) is 28.0 Å². The van der Waals surface area contributed by atoms with Gasteiger partial charge >= 0.3 is 6.18 Å². The van der Waals surface area contributed by atoms with Gasteiger partial charge in [0.15, 0.2) is 0 Å². The third-order valence-electron chi connectivity index (χ3n) is 7.72. The van der Waals surface area contributed by atoms with Crippen LogP contribution in [0.1, 0.15) is 27.2 Å². The number of aryl methyl sites for hydroxylation is 1. The number of pyridine rings is 1. The first-order chi connectivity index (χ1) is 20.2. The van der Waals surface area contributed by atoms with E-state index >= 15 is 0 Å². The van der Waals surface area contributed by atoms with Crippen molar-refractivity contribution in [2.24, 2.45) is 0 Å². The van der Waals surface area contributed by atoms with Gasteiger partial charge in [0.1, 0.15) is 5.65 Å². The third kappa shape index (κ3) is 5.65. The lowest BCUT2D eigenvalue weighted by Gasteiger charge is -2.34. The molecule has 0 bridgehead atoms. The first-order valence-corrected chi connectivity index (χ1v) is 14.1. The first kappa shape index (κ1) is 28.0. The SMILES string of the molecule is Cc1ccc(-c2nc3ccc(-c4ccccc4Cl)cn3c2CN2CCN(C(=O)c3ccc(C(F)(F)F)cc3)CC2)cc1. The van der Waals surface area contributed by atoms with E-state index < -0.39 is 11.7 Å². The van der Waals surface area contributed by atoms with Crippen LogP contribution >= 0.6 is 11.6 Å². The number of piperazine rings is 1. The van der Waals surface area contributed by atoms with Crippen molar-refractivity contribution in [2.75, 3.05) is 26.2 Å². The molecule has 0 unspecified atom stereocenters. The summed E-state index contributed by atoms with van der Waals surface area (Å²) in [6, 6.07) is 24.5. The van der Waals surface area contributed by atoms with E-state index in [1.807, 2.05) is 36.4 Å². The number of halogens is 4. The maximum atomic E-state index is 13.0. The first-order valence-electron chi connectivity index (χ1n) is 13.7. The van der Waals surface area contributed by atoms with Gasteiger partial charge in [-0.15, -0.1) is 0 Å². The molecule has 5 aromatic rings. The molecule has 0 atom stereocenters. The van der Waals surface area contributed by atoms with Crippen LogP contribution in [-0.4, -0.2) is 51.3 Å². The smallest absolute Gasteiger partial charge is 0.336 e. The summed E-state index contributed by atoms with van der Waals surface area (Å²) < 4.78 is 40.9. The lowest BCUT2D eigenvalue weighted by molar-refractivity contribution is -0.137. The summed E-state index contributed by atoms with van der Waals surface area (Å²) in [6.07, 6.45) is -2.36. The minimum atomic E-state index is -4.43. The lowest BCUT2D eigenvalue weighted by atomic mass is 10.1. The Morgan fingerprint density at radius 3 is 2.19 bits per heavy atom. The minimum Gasteiger partial charge on any atom is -0.336 e. The Kier molecular flexibility index (Phi) is 7.51. The number of carbonyl (C=O) groups excluding carboxylic acids is 1. The van der Waals surface area contributed by atoms with Crippen molar-refractivity contribution in [3.63, 3.8) is 0 Å². The van der Waals surface area contributed by atoms with Crippen LogP contribution < -0.4 is 0 Å². The molecule has 0 spiro atoms. The number of fused-ring (bicyclic) bond motifs is 1. The second-order valence-electron chi connectivity index (χ2n) is 10.5. The van der Waals surface area contributed by atoms with Crippen LogP contribution in [0.3, 0.4) is 0 Å². The second-order valence-corrected chi connectivity index (χ2v) is 10.9. The van der Waals surface area contributed by atoms with Gasteiger partial charge in [-0.2, -0.15) is 13.2 Å². The average molecular weight is 589 g/mol. The maximum absolute atomic E-state index is 13.0. The lowest BCUT2D eigenvalue weighted by Crippen LogP contribution is -2.48. The molecule has 42 heavy (non-hydrogen) atoms. The summed E-state index contributed by atoms with van der Waals surface area (Å²) in [7, 11) is 0. The van der Waals surface area contributed by atoms with E-state index in [-0.39, 0.29) is 11.5 Å². The number of alkyl halides is 3. The van der Waals surface area contributed by atoms with Crippen LogP contribution in [-0.2, 0) is 12.7 Å². The monoisotopic (exact) mass is 588 g/mol. The number of rotatable bonds is 5. The normalized spacial score (nSPS) is 14.5. The molecule has 2 aromatic heterocycles. The van der Waals surface area contributed by atoms with E-state index in [1.54, 1.807) is 4.90 Å². The molecular formula is C33H28ClF3N4O. The standard InChI is InChI=1S/C33H28ClF3N4O/c1-22-6-8-23(9-7-22)31-29(41-20-25(12-15-30(41)38-31)27-4-2-3-5-28(27)34)21-39-16-18-40(19-17-39)32(42)24-10-13-26(14-11-24)33(35,36)37/h2-15,20H,16-19,21H2,1H3. The highest BCUT2D eigenvalue weighted by molar-refractivity contribution is 6.33. The van der Waals surface area contributed by atoms with Crippen LogP contribution in [0.15, 0.2) is 91.1 Å². The van der Waals surface area contributed by atoms with E-state index in [2.05, 4.69) is 46.7 Å². The van der Waals surface area contributed by atoms with E-state index in [0.29, 0.717) is 37.7 Å². The molecule has 1 aliphatic rings. The van der Waals surface area contributed by atoms with Gasteiger partial charge in [-0.1, -0.05) is 59.6 Å². The van der Waals surface area contributed by atoms with Gasteiger partial charge in [0, 0.05) is 60.6 Å². The van der Waals surface area contributed by atoms with Crippen LogP contribution in [0, 0.1) is 6.92 Å². The molecule has 3 aromatic carbocycles. The number of hydrogen-bond acceptors (Lipinski definition) is 3. The molecule has 1 fully saturated rings. The van der Waals surface area contributed by atoms with Crippen molar-refractivity contribution in [3.8, 4) is 22.4 Å². The van der Waals surface area contributed by atoms with Crippen molar-refractivity contribution in [1.29, 1.82) is 0 Å². The van der Waals surface area contributed by atoms with E-state index in [9.17, 15) is 18.0 Å². The van der Waals surface area contributed by atoms with Crippen LogP contribution in [0.4, 0.5) is 13.2 Å². The van der Waals surface area contributed by atoms with E-state index in [0.717, 1.165) is 45.9 Å². The van der Waals surface area contributed by atoms with Crippen LogP contribution in [0.5, 0.6) is 0 Å². The largest absolute Gasteiger partial charge is 0.416 e. The van der Waals surface area contributed by atoms with Crippen molar-refractivity contribution in [1.82, 2.24) is 19.2 Å². The molecule has 0 aliphatic carbocycles. The number of amides is 1. The molecular weight excluding hydrogens is 561 g/mol. The maximum Gasteiger partial charge on any atom is 0.416 e. The second kappa shape index (κ2) is 11.3. The number of imidazole rings is 1. The fraction of sp³-hybridized carbons (Fsp3) is 0.212. The summed E-state index contributed by atoms with van der Waals surface area (Å²) in [6.45, 7) is 4.85. The van der Waals surface area contributed by atoms with Gasteiger partial charge in [-0.05, 0) is 55.0 Å². The fourth-order valence-electron chi connectivity index (χ4n) is 5.35. The van der Waals surface area contributed by atoms with Gasteiger partial charge in [-0.3, -0.25) is 9.69 Å². The Labute approximate surface area is 246 Å². The molecule has 214 valence electrons. The third-order valence-corrected chi connectivity index (χ3v) is 8.05. The number of aromatic nitrogens is 2. The summed E-state index contributed by atoms with van der Waals surface area (Å²) >= 11 is 6.52. The Morgan fingerprint density at radius 1 is 0.857 bits per heavy atom. The Balaban J connectivity index is 1.26. The van der Waals surface area contributed by atoms with Gasteiger partial charge in [0.2, 0.25) is 0 Å². The van der Waals surface area contributed by atoms with Crippen molar-refractivity contribution < 1.29 is 18.0 Å². The molecule has 3 heterocycles. The van der Waals surface area contributed by atoms with Gasteiger partial charge in [-0.25, -0.2) is 4.98 Å². The molecule has 0 radical (unpaired) electrons. The fourth-order valence-corrected chi connectivity index (χ4v) is 5.59. The minimum absolute atomic E-state index is 0.256. The number of nitrogens with zero attached hydrogens (tertiary/aromatic N) is 4. The van der Waals surface area contributed by atoms with Crippen molar-refractivity contribution in [3.05, 3.63) is 119 Å². The highest BCUT2D eigenvalue weighted by Crippen LogP contribution is 2.32. The highest BCUT2D eigenvalue weighted by atomic mass is 35.5. The Bertz CT molecular complexity index is 1740. The molecule has 9 heteroatoms. The number of hydrogen-bond donors (Lipinski definition) is 0. The molecule has 1 aliphatic heterocycles. The zero-order chi connectivity index (χ0) is 29.4. The van der Waals surface area contributed by atoms with Gasteiger partial charge < -0.3 is 9.30 Å². The predicted octanol–water partition coefficient (Wildman–Crippen LogP) is 7.61. The van der Waals surface area contributed by atoms with E-state index in [1.165, 1.54) is 17.7 Å². The summed E-state index contributed by atoms with van der Waals surface area (Å²) in [5, 5.41) is 0.672. The van der Waals surface area contributed by atoms with E-state index in [4.69, 9.17) is 16.6 Å². The molecule has 0 N–H and O–H groups in total. The van der Waals surface area contributed by atoms with Crippen LogP contribution in [0.2, 0.25) is 5.02 Å². The summed E-state index contributed by atoms with van der Waals surface area (Å²) in [5.74, 6) is -0.261. The number of benzene rings is 3. The Hall–Kier alpha value is -4.14. The van der Waals surface area contributed by atoms with Crippen molar-refractivity contribution >= 4 is 23.2 Å². The van der Waals surface area contributed by atoms with Crippen molar-refractivity contribution in [2.45, 2.75) is 19.6 Å². The summed E-state index contributed by atoms with van der Waals surface area (Å²) in [5.41, 5.74) is 6.36. The molecule has 1 amide bonds. The molecule has 6 rings (SSSR count). The molecule has 1 saturated heterocycles. The zero-order valence-corrected chi connectivity index (χ0v) is 23.7. The number of carbonyl (C=O) groups is 1. The van der Waals surface area contributed by atoms with Gasteiger partial charge in [0.05, 0.1) is 17.0 Å². The Morgan fingerprint density at radius 2 is 1.52 bits per heavy atom. The average Bonchev–Trinajstić information content (AvgIpc) is 3.35. The molecule has 0 saturated carbocycles. The van der Waals surface area contributed by atoms with Gasteiger partial charge in [0.25, 0.3) is 5.91 Å². The molecule has 5 nitrogen and oxygen atoms in total.